The minimum atomic E-state index is -0.167. The third-order valence-electron chi connectivity index (χ3n) is 4.83. The van der Waals surface area contributed by atoms with Crippen molar-refractivity contribution in [3.05, 3.63) is 35.6 Å². The highest BCUT2D eigenvalue weighted by atomic mass is 127. The molecule has 0 aromatic heterocycles. The van der Waals surface area contributed by atoms with Crippen LogP contribution in [0.5, 0.6) is 0 Å². The number of hydrogen-bond donors (Lipinski definition) is 2. The molecule has 0 saturated carbocycles. The van der Waals surface area contributed by atoms with E-state index in [1.807, 2.05) is 6.07 Å². The Morgan fingerprint density at radius 3 is 2.71 bits per heavy atom. The number of piperidine rings is 1. The normalized spacial score (nSPS) is 16.1. The second-order valence-corrected chi connectivity index (χ2v) is 7.41. The van der Waals surface area contributed by atoms with Crippen LogP contribution in [0, 0.1) is 5.82 Å². The Morgan fingerprint density at radius 1 is 1.32 bits per heavy atom. The lowest BCUT2D eigenvalue weighted by Crippen LogP contribution is -2.49. The van der Waals surface area contributed by atoms with E-state index in [1.54, 1.807) is 19.2 Å². The molecule has 2 rings (SSSR count). The van der Waals surface area contributed by atoms with Gasteiger partial charge in [-0.3, -0.25) is 4.99 Å². The first-order chi connectivity index (χ1) is 13.1. The van der Waals surface area contributed by atoms with E-state index in [9.17, 15) is 4.39 Å². The molecule has 0 atom stereocenters. The maximum absolute atomic E-state index is 13.2. The van der Waals surface area contributed by atoms with E-state index >= 15 is 0 Å². The van der Waals surface area contributed by atoms with Crippen molar-refractivity contribution in [3.63, 3.8) is 0 Å². The first-order valence-corrected chi connectivity index (χ1v) is 10.1. The zero-order valence-electron chi connectivity index (χ0n) is 17.4. The maximum Gasteiger partial charge on any atom is 0.191 e. The van der Waals surface area contributed by atoms with Crippen molar-refractivity contribution in [3.8, 4) is 0 Å². The Morgan fingerprint density at radius 2 is 2.07 bits per heavy atom. The maximum atomic E-state index is 13.2. The quantitative estimate of drug-likeness (QED) is 0.233. The summed E-state index contributed by atoms with van der Waals surface area (Å²) in [4.78, 5) is 6.80. The van der Waals surface area contributed by atoms with Gasteiger partial charge in [0.05, 0.1) is 12.7 Å². The van der Waals surface area contributed by atoms with Gasteiger partial charge in [0.15, 0.2) is 5.96 Å². The zero-order chi connectivity index (χ0) is 19.5. The third-order valence-corrected chi connectivity index (χ3v) is 4.83. The number of halogens is 2. The van der Waals surface area contributed by atoms with Crippen LogP contribution in [0.3, 0.4) is 0 Å². The number of ether oxygens (including phenoxy) is 1. The SMILES string of the molecule is CN=C(NCCCc1cccc(F)c1)NC1CCN(CCOC(C)C)CC1.I. The largest absolute Gasteiger partial charge is 0.377 e. The van der Waals surface area contributed by atoms with Gasteiger partial charge in [-0.05, 0) is 57.2 Å². The van der Waals surface area contributed by atoms with Gasteiger partial charge in [0.1, 0.15) is 5.82 Å². The highest BCUT2D eigenvalue weighted by molar-refractivity contribution is 14.0. The Bertz CT molecular complexity index is 577. The molecule has 1 saturated heterocycles. The predicted octanol–water partition coefficient (Wildman–Crippen LogP) is 3.43. The van der Waals surface area contributed by atoms with Crippen molar-refractivity contribution in [1.29, 1.82) is 0 Å². The van der Waals surface area contributed by atoms with Crippen molar-refractivity contribution >= 4 is 29.9 Å². The van der Waals surface area contributed by atoms with Crippen LogP contribution in [0.15, 0.2) is 29.3 Å². The number of nitrogens with one attached hydrogen (secondary N) is 2. The van der Waals surface area contributed by atoms with Crippen molar-refractivity contribution in [1.82, 2.24) is 15.5 Å². The van der Waals surface area contributed by atoms with Crippen LogP contribution in [0.25, 0.3) is 0 Å². The monoisotopic (exact) mass is 506 g/mol. The summed E-state index contributed by atoms with van der Waals surface area (Å²) >= 11 is 0. The van der Waals surface area contributed by atoms with E-state index in [0.29, 0.717) is 12.1 Å². The summed E-state index contributed by atoms with van der Waals surface area (Å²) in [6.45, 7) is 8.98. The molecule has 0 amide bonds. The van der Waals surface area contributed by atoms with Gasteiger partial charge in [0, 0.05) is 39.3 Å². The summed E-state index contributed by atoms with van der Waals surface area (Å²) in [6.07, 6.45) is 4.34. The van der Waals surface area contributed by atoms with Gasteiger partial charge in [-0.1, -0.05) is 12.1 Å². The Labute approximate surface area is 186 Å². The molecule has 2 N–H and O–H groups in total. The smallest absolute Gasteiger partial charge is 0.191 e. The average Bonchev–Trinajstić information content (AvgIpc) is 2.65. The number of benzene rings is 1. The number of aliphatic imine (C=N–C) groups is 1. The average molecular weight is 506 g/mol. The van der Waals surface area contributed by atoms with Gasteiger partial charge in [-0.15, -0.1) is 24.0 Å². The second kappa shape index (κ2) is 14.1. The van der Waals surface area contributed by atoms with Gasteiger partial charge < -0.3 is 20.3 Å². The molecule has 0 spiro atoms. The molecule has 0 unspecified atom stereocenters. The molecule has 0 aliphatic carbocycles. The fourth-order valence-corrected chi connectivity index (χ4v) is 3.30. The molecule has 28 heavy (non-hydrogen) atoms. The number of hydrogen-bond acceptors (Lipinski definition) is 3. The summed E-state index contributed by atoms with van der Waals surface area (Å²) in [5.74, 6) is 0.691. The van der Waals surface area contributed by atoms with E-state index in [1.165, 1.54) is 6.07 Å². The lowest BCUT2D eigenvalue weighted by molar-refractivity contribution is 0.0532. The molecule has 160 valence electrons. The molecule has 0 bridgehead atoms. The minimum Gasteiger partial charge on any atom is -0.377 e. The first kappa shape index (κ1) is 25.1. The molecular weight excluding hydrogens is 470 g/mol. The summed E-state index contributed by atoms with van der Waals surface area (Å²) < 4.78 is 18.8. The lowest BCUT2D eigenvalue weighted by Gasteiger charge is -2.33. The first-order valence-electron chi connectivity index (χ1n) is 10.1. The molecule has 1 heterocycles. The highest BCUT2D eigenvalue weighted by Crippen LogP contribution is 2.10. The summed E-state index contributed by atoms with van der Waals surface area (Å²) in [7, 11) is 1.81. The van der Waals surface area contributed by atoms with Crippen LogP contribution in [0.1, 0.15) is 38.7 Å². The molecule has 1 aliphatic heterocycles. The lowest BCUT2D eigenvalue weighted by atomic mass is 10.1. The fraction of sp³-hybridized carbons (Fsp3) is 0.667. The van der Waals surface area contributed by atoms with Gasteiger partial charge in [-0.2, -0.15) is 0 Å². The molecular formula is C21H36FIN4O. The minimum absolute atomic E-state index is 0. The number of guanidine groups is 1. The van der Waals surface area contributed by atoms with E-state index in [0.717, 1.165) is 70.0 Å². The van der Waals surface area contributed by atoms with Crippen molar-refractivity contribution in [2.24, 2.45) is 4.99 Å². The molecule has 5 nitrogen and oxygen atoms in total. The number of likely N-dealkylation sites (tertiary alicyclic amines) is 1. The fourth-order valence-electron chi connectivity index (χ4n) is 3.30. The second-order valence-electron chi connectivity index (χ2n) is 7.41. The van der Waals surface area contributed by atoms with Crippen molar-refractivity contribution in [2.75, 3.05) is 39.8 Å². The van der Waals surface area contributed by atoms with E-state index in [-0.39, 0.29) is 29.8 Å². The summed E-state index contributed by atoms with van der Waals surface area (Å²) in [5, 5.41) is 6.90. The number of aryl methyl sites for hydroxylation is 1. The number of nitrogens with zero attached hydrogens (tertiary/aromatic N) is 2. The van der Waals surface area contributed by atoms with Gasteiger partial charge >= 0.3 is 0 Å². The third kappa shape index (κ3) is 10.0. The zero-order valence-corrected chi connectivity index (χ0v) is 19.7. The summed E-state index contributed by atoms with van der Waals surface area (Å²) in [6, 6.07) is 7.28. The molecule has 1 fully saturated rings. The van der Waals surface area contributed by atoms with Crippen LogP contribution in [0.2, 0.25) is 0 Å². The van der Waals surface area contributed by atoms with Gasteiger partial charge in [0.2, 0.25) is 0 Å². The topological polar surface area (TPSA) is 48.9 Å². The van der Waals surface area contributed by atoms with Gasteiger partial charge in [0.25, 0.3) is 0 Å². The van der Waals surface area contributed by atoms with Crippen LogP contribution >= 0.6 is 24.0 Å². The summed E-state index contributed by atoms with van der Waals surface area (Å²) in [5.41, 5.74) is 1.04. The predicted molar refractivity (Wildman–Crippen MR) is 125 cm³/mol. The molecule has 0 radical (unpaired) electrons. The van der Waals surface area contributed by atoms with Crippen molar-refractivity contribution in [2.45, 2.75) is 51.7 Å². The molecule has 1 aliphatic rings. The molecule has 1 aromatic carbocycles. The standard InChI is InChI=1S/C21H35FN4O.HI/c1-17(2)27-15-14-26-12-9-20(10-13-26)25-21(23-3)24-11-5-7-18-6-4-8-19(22)16-18;/h4,6,8,16-17,20H,5,7,9-15H2,1-3H3,(H2,23,24,25);1H. The van der Waals surface area contributed by atoms with E-state index in [2.05, 4.69) is 34.4 Å². The van der Waals surface area contributed by atoms with Crippen LogP contribution in [-0.2, 0) is 11.2 Å². The van der Waals surface area contributed by atoms with E-state index < -0.39 is 0 Å². The van der Waals surface area contributed by atoms with Crippen LogP contribution in [-0.4, -0.2) is 62.8 Å². The molecule has 7 heteroatoms. The number of rotatable bonds is 9. The highest BCUT2D eigenvalue weighted by Gasteiger charge is 2.19. The Kier molecular flexibility index (Phi) is 12.7. The van der Waals surface area contributed by atoms with Crippen LogP contribution < -0.4 is 10.6 Å². The van der Waals surface area contributed by atoms with Gasteiger partial charge in [-0.25, -0.2) is 4.39 Å². The van der Waals surface area contributed by atoms with E-state index in [4.69, 9.17) is 4.74 Å². The van der Waals surface area contributed by atoms with Crippen LogP contribution in [0.4, 0.5) is 4.39 Å². The van der Waals surface area contributed by atoms with Crippen molar-refractivity contribution < 1.29 is 9.13 Å². The Hall–Kier alpha value is -0.930. The molecule has 1 aromatic rings. The Balaban J connectivity index is 0.00000392.